The van der Waals surface area contributed by atoms with Crippen molar-refractivity contribution in [1.29, 1.82) is 0 Å². The van der Waals surface area contributed by atoms with Crippen molar-refractivity contribution in [3.8, 4) is 0 Å². The van der Waals surface area contributed by atoms with Crippen LogP contribution in [0.1, 0.15) is 18.5 Å². The van der Waals surface area contributed by atoms with Gasteiger partial charge < -0.3 is 16.2 Å². The van der Waals surface area contributed by atoms with Gasteiger partial charge in [-0.15, -0.1) is 11.8 Å². The predicted molar refractivity (Wildman–Crippen MR) is 95.9 cm³/mol. The zero-order valence-electron chi connectivity index (χ0n) is 12.9. The van der Waals surface area contributed by atoms with E-state index >= 15 is 0 Å². The van der Waals surface area contributed by atoms with Crippen LogP contribution in [0.3, 0.4) is 0 Å². The number of carboxylic acid groups (broad SMARTS) is 1. The Balaban J connectivity index is 0.00000225. The second-order valence-corrected chi connectivity index (χ2v) is 6.82. The van der Waals surface area contributed by atoms with E-state index in [4.69, 9.17) is 5.73 Å². The first kappa shape index (κ1) is 20.0. The number of nitrogens with one attached hydrogen (secondary N) is 1. The number of amides is 2. The fraction of sp³-hybridized carbons (Fsp3) is 0.312. The second kappa shape index (κ2) is 7.92. The summed E-state index contributed by atoms with van der Waals surface area (Å²) in [5, 5.41) is 11.5. The molecule has 0 saturated carbocycles. The molecule has 4 N–H and O–H groups in total. The zero-order valence-corrected chi connectivity index (χ0v) is 13.7. The van der Waals surface area contributed by atoms with Gasteiger partial charge in [0.05, 0.1) is 0 Å². The fourth-order valence-electron chi connectivity index (χ4n) is 2.83. The number of aliphatic carboxylic acids is 1. The average Bonchev–Trinajstić information content (AvgIpc) is 2.59. The van der Waals surface area contributed by atoms with E-state index in [1.54, 1.807) is 31.2 Å². The molecule has 1 aromatic carbocycles. The summed E-state index contributed by atoms with van der Waals surface area (Å²) in [6.07, 6.45) is 0. The number of hydrogen-bond donors (Lipinski definition) is 3. The minimum absolute atomic E-state index is 0. The van der Waals surface area contributed by atoms with Crippen molar-refractivity contribution in [3.63, 3.8) is 0 Å². The topological polar surface area (TPSA) is 113 Å². The van der Waals surface area contributed by atoms with E-state index in [0.717, 1.165) is 0 Å². The molecule has 3 rings (SSSR count). The molecule has 0 aliphatic carbocycles. The summed E-state index contributed by atoms with van der Waals surface area (Å²) in [7, 11) is 0. The number of thioether (sulfide) groups is 1. The molecule has 0 bridgehead atoms. The van der Waals surface area contributed by atoms with Gasteiger partial charge in [0.25, 0.3) is 5.91 Å². The first-order chi connectivity index (χ1) is 11.4. The van der Waals surface area contributed by atoms with Crippen LogP contribution in [0.25, 0.3) is 0 Å². The molecular weight excluding hydrogens is 353 g/mol. The summed E-state index contributed by atoms with van der Waals surface area (Å²) in [5.74, 6) is -1.50. The standard InChI is InChI=1S/C16H17N3O4S.Na.H/c1-8-7-24-15-11(14(21)19(15)12(8)16(22)23)18-13(20)10(17)9-5-3-2-4-6-9;;/h2-6,10-11,15H,7,17H2,1H3,(H,18,20)(H,22,23);;/t10-,11-,15-;;/m1../s1. The third-order valence-corrected chi connectivity index (χ3v) is 5.52. The molecule has 0 spiro atoms. The van der Waals surface area contributed by atoms with Crippen molar-refractivity contribution in [3.05, 3.63) is 47.2 Å². The molecule has 25 heavy (non-hydrogen) atoms. The molecule has 2 heterocycles. The van der Waals surface area contributed by atoms with Crippen molar-refractivity contribution in [2.75, 3.05) is 5.75 Å². The number of nitrogens with zero attached hydrogens (tertiary/aromatic N) is 1. The first-order valence-corrected chi connectivity index (χ1v) is 8.45. The van der Waals surface area contributed by atoms with Crippen molar-refractivity contribution >= 4 is 59.1 Å². The average molecular weight is 371 g/mol. The number of carbonyl (C=O) groups is 3. The Morgan fingerprint density at radius 1 is 1.36 bits per heavy atom. The Morgan fingerprint density at radius 3 is 2.60 bits per heavy atom. The molecule has 128 valence electrons. The van der Waals surface area contributed by atoms with Gasteiger partial charge in [0.2, 0.25) is 5.91 Å². The van der Waals surface area contributed by atoms with Crippen LogP contribution >= 0.6 is 11.8 Å². The van der Waals surface area contributed by atoms with E-state index in [1.165, 1.54) is 16.7 Å². The summed E-state index contributed by atoms with van der Waals surface area (Å²) >= 11 is 1.43. The zero-order chi connectivity index (χ0) is 17.4. The Bertz CT molecular complexity index is 740. The van der Waals surface area contributed by atoms with Crippen LogP contribution in [0, 0.1) is 0 Å². The second-order valence-electron chi connectivity index (χ2n) is 5.72. The van der Waals surface area contributed by atoms with E-state index < -0.39 is 35.2 Å². The Hall–Kier alpha value is -1.32. The number of hydrogen-bond acceptors (Lipinski definition) is 5. The van der Waals surface area contributed by atoms with Gasteiger partial charge in [0.1, 0.15) is 23.2 Å². The van der Waals surface area contributed by atoms with E-state index in [0.29, 0.717) is 16.9 Å². The molecule has 9 heteroatoms. The van der Waals surface area contributed by atoms with Crippen molar-refractivity contribution in [2.24, 2.45) is 5.73 Å². The van der Waals surface area contributed by atoms with Crippen LogP contribution in [0.2, 0.25) is 0 Å². The summed E-state index contributed by atoms with van der Waals surface area (Å²) in [6.45, 7) is 1.69. The Kier molecular flexibility index (Phi) is 6.34. The van der Waals surface area contributed by atoms with Gasteiger partial charge in [0.15, 0.2) is 0 Å². The van der Waals surface area contributed by atoms with Crippen LogP contribution in [0.15, 0.2) is 41.6 Å². The molecular formula is C16H18N3NaO4S. The minimum atomic E-state index is -1.13. The van der Waals surface area contributed by atoms with Crippen LogP contribution < -0.4 is 11.1 Å². The quantitative estimate of drug-likeness (QED) is 0.499. The monoisotopic (exact) mass is 371 g/mol. The van der Waals surface area contributed by atoms with Crippen LogP contribution in [-0.2, 0) is 14.4 Å². The normalized spacial score (nSPS) is 23.1. The molecule has 7 nitrogen and oxygen atoms in total. The molecule has 0 aromatic heterocycles. The summed E-state index contributed by atoms with van der Waals surface area (Å²) in [6, 6.07) is 7.23. The van der Waals surface area contributed by atoms with Gasteiger partial charge in [-0.05, 0) is 18.1 Å². The maximum absolute atomic E-state index is 12.3. The fourth-order valence-corrected chi connectivity index (χ4v) is 4.12. The third-order valence-electron chi connectivity index (χ3n) is 4.10. The van der Waals surface area contributed by atoms with Crippen LogP contribution in [0.4, 0.5) is 0 Å². The van der Waals surface area contributed by atoms with Gasteiger partial charge in [-0.2, -0.15) is 0 Å². The SMILES string of the molecule is CC1=C(C(=O)O)N2C(=O)[C@@H](NC(=O)[C@H](N)c3ccccc3)[C@H]2SC1.[NaH]. The molecule has 2 aliphatic rings. The number of β-lactam (4-membered cyclic amide) rings is 1. The number of carboxylic acids is 1. The molecule has 1 fully saturated rings. The molecule has 3 atom stereocenters. The number of carbonyl (C=O) groups excluding carboxylic acids is 2. The van der Waals surface area contributed by atoms with Crippen molar-refractivity contribution < 1.29 is 19.5 Å². The summed E-state index contributed by atoms with van der Waals surface area (Å²) in [4.78, 5) is 37.2. The molecule has 0 unspecified atom stereocenters. The van der Waals surface area contributed by atoms with Gasteiger partial charge in [0, 0.05) is 5.75 Å². The first-order valence-electron chi connectivity index (χ1n) is 7.40. The Labute approximate surface area is 171 Å². The van der Waals surface area contributed by atoms with E-state index in [1.807, 2.05) is 6.07 Å². The molecule has 0 radical (unpaired) electrons. The third kappa shape index (κ3) is 3.63. The van der Waals surface area contributed by atoms with E-state index in [9.17, 15) is 19.5 Å². The van der Waals surface area contributed by atoms with E-state index in [-0.39, 0.29) is 35.3 Å². The van der Waals surface area contributed by atoms with Gasteiger partial charge in [-0.25, -0.2) is 4.79 Å². The molecule has 1 saturated heterocycles. The summed E-state index contributed by atoms with van der Waals surface area (Å²) < 4.78 is 0. The van der Waals surface area contributed by atoms with E-state index in [2.05, 4.69) is 5.32 Å². The number of benzene rings is 1. The van der Waals surface area contributed by atoms with Gasteiger partial charge >= 0.3 is 35.5 Å². The van der Waals surface area contributed by atoms with Crippen molar-refractivity contribution in [2.45, 2.75) is 24.4 Å². The Morgan fingerprint density at radius 2 is 2.00 bits per heavy atom. The summed E-state index contributed by atoms with van der Waals surface area (Å²) in [5.41, 5.74) is 7.24. The maximum atomic E-state index is 12.3. The van der Waals surface area contributed by atoms with Gasteiger partial charge in [-0.3, -0.25) is 14.5 Å². The van der Waals surface area contributed by atoms with Crippen molar-refractivity contribution in [1.82, 2.24) is 10.2 Å². The number of nitrogens with two attached hydrogens (primary N) is 1. The van der Waals surface area contributed by atoms with Crippen LogP contribution in [0.5, 0.6) is 0 Å². The van der Waals surface area contributed by atoms with Gasteiger partial charge in [-0.1, -0.05) is 30.3 Å². The van der Waals surface area contributed by atoms with Crippen LogP contribution in [-0.4, -0.2) is 74.5 Å². The molecule has 1 aromatic rings. The molecule has 2 aliphatic heterocycles. The number of fused-ring (bicyclic) bond motifs is 1. The predicted octanol–water partition coefficient (Wildman–Crippen LogP) is -0.204. The number of rotatable bonds is 4. The molecule has 2 amide bonds.